The molecular weight excluding hydrogens is 364 g/mol. The number of hydrogen-bond acceptors (Lipinski definition) is 4. The van der Waals surface area contributed by atoms with Crippen LogP contribution in [-0.2, 0) is 14.6 Å². The molecule has 1 atom stereocenters. The highest BCUT2D eigenvalue weighted by molar-refractivity contribution is 7.90. The van der Waals surface area contributed by atoms with Gasteiger partial charge in [0.25, 0.3) is 5.91 Å². The van der Waals surface area contributed by atoms with Crippen LogP contribution >= 0.6 is 0 Å². The zero-order valence-corrected chi connectivity index (χ0v) is 16.5. The van der Waals surface area contributed by atoms with Crippen molar-refractivity contribution in [2.75, 3.05) is 16.5 Å². The largest absolute Gasteiger partial charge is 0.322 e. The van der Waals surface area contributed by atoms with Gasteiger partial charge in [-0.1, -0.05) is 32.0 Å². The Hall–Kier alpha value is -2.67. The highest BCUT2D eigenvalue weighted by Crippen LogP contribution is 2.37. The molecule has 0 aromatic heterocycles. The summed E-state index contributed by atoms with van der Waals surface area (Å²) in [4.78, 5) is 27.7. The summed E-state index contributed by atoms with van der Waals surface area (Å²) in [5.41, 5.74) is 2.14. The molecule has 0 radical (unpaired) electrons. The fourth-order valence-electron chi connectivity index (χ4n) is 3.31. The molecule has 7 heteroatoms. The average Bonchev–Trinajstić information content (AvgIpc) is 2.58. The zero-order valence-electron chi connectivity index (χ0n) is 15.7. The number of carbonyl (C=O) groups is 2. The normalized spacial score (nSPS) is 16.9. The van der Waals surface area contributed by atoms with E-state index in [0.29, 0.717) is 16.9 Å². The van der Waals surface area contributed by atoms with Crippen LogP contribution in [0.5, 0.6) is 0 Å². The van der Waals surface area contributed by atoms with Crippen molar-refractivity contribution in [3.05, 3.63) is 53.6 Å². The molecule has 27 heavy (non-hydrogen) atoms. The molecule has 0 saturated carbocycles. The van der Waals surface area contributed by atoms with Crippen LogP contribution in [0.25, 0.3) is 0 Å². The van der Waals surface area contributed by atoms with E-state index in [9.17, 15) is 18.0 Å². The molecule has 1 unspecified atom stereocenters. The minimum absolute atomic E-state index is 0.0906. The number of benzene rings is 2. The molecule has 1 heterocycles. The topological polar surface area (TPSA) is 83.6 Å². The second-order valence-corrected chi connectivity index (χ2v) is 9.14. The van der Waals surface area contributed by atoms with Crippen molar-refractivity contribution in [2.45, 2.75) is 31.7 Å². The minimum Gasteiger partial charge on any atom is -0.322 e. The number of nitrogens with one attached hydrogen (secondary N) is 1. The van der Waals surface area contributed by atoms with Gasteiger partial charge >= 0.3 is 0 Å². The zero-order chi connectivity index (χ0) is 19.9. The summed E-state index contributed by atoms with van der Waals surface area (Å²) in [6.45, 7) is 5.59. The summed E-state index contributed by atoms with van der Waals surface area (Å²) in [7, 11) is -3.43. The molecule has 1 aliphatic heterocycles. The Bertz CT molecular complexity index is 1030. The molecule has 1 aliphatic rings. The van der Waals surface area contributed by atoms with Gasteiger partial charge < -0.3 is 5.32 Å². The molecule has 1 N–H and O–H groups in total. The van der Waals surface area contributed by atoms with Crippen LogP contribution in [0, 0.1) is 12.8 Å². The Balaban J connectivity index is 2.19. The highest BCUT2D eigenvalue weighted by atomic mass is 32.2. The van der Waals surface area contributed by atoms with E-state index in [2.05, 4.69) is 5.32 Å². The number of fused-ring (bicyclic) bond motifs is 1. The Morgan fingerprint density at radius 3 is 2.41 bits per heavy atom. The van der Waals surface area contributed by atoms with Crippen LogP contribution in [-0.4, -0.2) is 32.5 Å². The molecule has 0 bridgehead atoms. The summed E-state index contributed by atoms with van der Waals surface area (Å²) in [5.74, 6) is -0.735. The molecule has 0 aliphatic carbocycles. The van der Waals surface area contributed by atoms with Gasteiger partial charge in [0, 0.05) is 11.8 Å². The lowest BCUT2D eigenvalue weighted by molar-refractivity contribution is -0.118. The van der Waals surface area contributed by atoms with E-state index >= 15 is 0 Å². The maximum Gasteiger partial charge on any atom is 0.259 e. The second kappa shape index (κ2) is 6.81. The van der Waals surface area contributed by atoms with Crippen molar-refractivity contribution in [3.8, 4) is 0 Å². The third-order valence-corrected chi connectivity index (χ3v) is 5.80. The van der Waals surface area contributed by atoms with Crippen LogP contribution in [0.15, 0.2) is 47.4 Å². The summed E-state index contributed by atoms with van der Waals surface area (Å²) in [6, 6.07) is 11.0. The maximum absolute atomic E-state index is 13.4. The number of sulfone groups is 1. The predicted octanol–water partition coefficient (Wildman–Crippen LogP) is 3.02. The molecule has 2 amide bonds. The number of hydrogen-bond donors (Lipinski definition) is 1. The first-order valence-corrected chi connectivity index (χ1v) is 10.5. The predicted molar refractivity (Wildman–Crippen MR) is 105 cm³/mol. The smallest absolute Gasteiger partial charge is 0.259 e. The van der Waals surface area contributed by atoms with Crippen molar-refractivity contribution < 1.29 is 18.0 Å². The number of nitrogens with zero attached hydrogens (tertiary/aromatic N) is 1. The van der Waals surface area contributed by atoms with Gasteiger partial charge in [0.15, 0.2) is 9.84 Å². The van der Waals surface area contributed by atoms with E-state index in [0.717, 1.165) is 11.8 Å². The first kappa shape index (κ1) is 19.1. The SMILES string of the molecule is Cc1ccccc1C(=O)N1c2ccc(S(C)(=O)=O)cc2NC(=O)C1C(C)C. The molecule has 0 spiro atoms. The Labute approximate surface area is 159 Å². The second-order valence-electron chi connectivity index (χ2n) is 7.12. The van der Waals surface area contributed by atoms with Gasteiger partial charge in [-0.3, -0.25) is 14.5 Å². The van der Waals surface area contributed by atoms with Gasteiger partial charge in [-0.05, 0) is 42.7 Å². The van der Waals surface area contributed by atoms with E-state index in [-0.39, 0.29) is 22.6 Å². The fourth-order valence-corrected chi connectivity index (χ4v) is 3.96. The third kappa shape index (κ3) is 3.47. The van der Waals surface area contributed by atoms with Crippen molar-refractivity contribution in [2.24, 2.45) is 5.92 Å². The van der Waals surface area contributed by atoms with E-state index in [1.54, 1.807) is 18.2 Å². The van der Waals surface area contributed by atoms with Crippen LogP contribution in [0.4, 0.5) is 11.4 Å². The first-order valence-electron chi connectivity index (χ1n) is 8.65. The summed E-state index contributed by atoms with van der Waals surface area (Å²) in [5, 5.41) is 2.76. The summed E-state index contributed by atoms with van der Waals surface area (Å²) < 4.78 is 23.7. The van der Waals surface area contributed by atoms with E-state index in [1.807, 2.05) is 32.9 Å². The molecular formula is C20H22N2O4S. The lowest BCUT2D eigenvalue weighted by atomic mass is 9.95. The molecule has 0 saturated heterocycles. The monoisotopic (exact) mass is 386 g/mol. The fraction of sp³-hybridized carbons (Fsp3) is 0.300. The van der Waals surface area contributed by atoms with Gasteiger partial charge in [-0.15, -0.1) is 0 Å². The lowest BCUT2D eigenvalue weighted by Crippen LogP contribution is -2.53. The van der Waals surface area contributed by atoms with Crippen LogP contribution < -0.4 is 10.2 Å². The molecule has 2 aromatic carbocycles. The van der Waals surface area contributed by atoms with E-state index in [4.69, 9.17) is 0 Å². The molecule has 2 aromatic rings. The summed E-state index contributed by atoms with van der Waals surface area (Å²) >= 11 is 0. The number of carbonyl (C=O) groups excluding carboxylic acids is 2. The Morgan fingerprint density at radius 2 is 1.81 bits per heavy atom. The van der Waals surface area contributed by atoms with Crippen molar-refractivity contribution in [1.29, 1.82) is 0 Å². The quantitative estimate of drug-likeness (QED) is 0.879. The van der Waals surface area contributed by atoms with E-state index < -0.39 is 15.9 Å². The third-order valence-electron chi connectivity index (χ3n) is 4.69. The number of anilines is 2. The van der Waals surface area contributed by atoms with Crippen molar-refractivity contribution in [3.63, 3.8) is 0 Å². The van der Waals surface area contributed by atoms with Crippen molar-refractivity contribution in [1.82, 2.24) is 0 Å². The lowest BCUT2D eigenvalue weighted by Gasteiger charge is -2.38. The van der Waals surface area contributed by atoms with Gasteiger partial charge in [0.1, 0.15) is 6.04 Å². The average molecular weight is 386 g/mol. The van der Waals surface area contributed by atoms with Gasteiger partial charge in [-0.25, -0.2) is 8.42 Å². The van der Waals surface area contributed by atoms with Crippen LogP contribution in [0.1, 0.15) is 29.8 Å². The minimum atomic E-state index is -3.43. The Morgan fingerprint density at radius 1 is 1.15 bits per heavy atom. The summed E-state index contributed by atoms with van der Waals surface area (Å²) in [6.07, 6.45) is 1.10. The van der Waals surface area contributed by atoms with Gasteiger partial charge in [-0.2, -0.15) is 0 Å². The van der Waals surface area contributed by atoms with Gasteiger partial charge in [0.05, 0.1) is 16.3 Å². The maximum atomic E-state index is 13.4. The van der Waals surface area contributed by atoms with Gasteiger partial charge in [0.2, 0.25) is 5.91 Å². The molecule has 6 nitrogen and oxygen atoms in total. The number of rotatable bonds is 3. The number of aryl methyl sites for hydroxylation is 1. The highest BCUT2D eigenvalue weighted by Gasteiger charge is 2.39. The standard InChI is InChI=1S/C20H22N2O4S/c1-12(2)18-19(23)21-16-11-14(27(4,25)26)9-10-17(16)22(18)20(24)15-8-6-5-7-13(15)3/h5-12,18H,1-4H3,(H,21,23). The molecule has 0 fully saturated rings. The van der Waals surface area contributed by atoms with Crippen LogP contribution in [0.3, 0.4) is 0 Å². The number of amides is 2. The van der Waals surface area contributed by atoms with Crippen molar-refractivity contribution >= 4 is 33.0 Å². The van der Waals surface area contributed by atoms with E-state index in [1.165, 1.54) is 17.0 Å². The van der Waals surface area contributed by atoms with Crippen LogP contribution in [0.2, 0.25) is 0 Å². The molecule has 3 rings (SSSR count). The Kier molecular flexibility index (Phi) is 4.82. The first-order chi connectivity index (χ1) is 12.6. The molecule has 142 valence electrons.